The van der Waals surface area contributed by atoms with Crippen molar-refractivity contribution in [3.63, 3.8) is 0 Å². The molecule has 194 valence electrons. The second-order valence-electron chi connectivity index (χ2n) is 9.89. The molecular formula is C28H29ClN8O. The Balaban J connectivity index is 0.00000264. The van der Waals surface area contributed by atoms with E-state index in [2.05, 4.69) is 35.6 Å². The van der Waals surface area contributed by atoms with Gasteiger partial charge in [-0.15, -0.1) is 12.4 Å². The summed E-state index contributed by atoms with van der Waals surface area (Å²) in [6, 6.07) is 14.3. The maximum Gasteiger partial charge on any atom is 0.274 e. The Hall–Kier alpha value is -3.79. The summed E-state index contributed by atoms with van der Waals surface area (Å²) in [4.78, 5) is 36.7. The van der Waals surface area contributed by atoms with Gasteiger partial charge in [-0.2, -0.15) is 0 Å². The van der Waals surface area contributed by atoms with Gasteiger partial charge in [0.15, 0.2) is 0 Å². The molecule has 0 unspecified atom stereocenters. The van der Waals surface area contributed by atoms with Gasteiger partial charge in [0.25, 0.3) is 5.56 Å². The molecule has 5 N–H and O–H groups in total. The van der Waals surface area contributed by atoms with Crippen LogP contribution in [0.2, 0.25) is 0 Å². The molecule has 5 heterocycles. The molecule has 0 aliphatic carbocycles. The molecule has 2 aromatic carbocycles. The lowest BCUT2D eigenvalue weighted by atomic mass is 10.1. The molecule has 0 bridgehead atoms. The number of H-pyrrole nitrogens is 3. The van der Waals surface area contributed by atoms with Gasteiger partial charge in [0.05, 0.1) is 46.9 Å². The number of fused-ring (bicyclic) bond motifs is 1. The predicted octanol–water partition coefficient (Wildman–Crippen LogP) is 4.64. The van der Waals surface area contributed by atoms with Crippen LogP contribution in [0.5, 0.6) is 0 Å². The van der Waals surface area contributed by atoms with Crippen molar-refractivity contribution in [1.82, 2.24) is 40.5 Å². The molecular weight excluding hydrogens is 500 g/mol. The van der Waals surface area contributed by atoms with Crippen LogP contribution in [0.1, 0.15) is 49.4 Å². The monoisotopic (exact) mass is 528 g/mol. The van der Waals surface area contributed by atoms with E-state index >= 15 is 0 Å². The van der Waals surface area contributed by atoms with Crippen molar-refractivity contribution in [1.29, 1.82) is 0 Å². The summed E-state index contributed by atoms with van der Waals surface area (Å²) in [5.41, 5.74) is 6.28. The molecule has 3 aromatic heterocycles. The molecule has 2 saturated heterocycles. The molecule has 38 heavy (non-hydrogen) atoms. The smallest absolute Gasteiger partial charge is 0.274 e. The van der Waals surface area contributed by atoms with Crippen LogP contribution in [-0.4, -0.2) is 43.0 Å². The zero-order chi connectivity index (χ0) is 24.8. The molecule has 9 nitrogen and oxygen atoms in total. The van der Waals surface area contributed by atoms with Crippen LogP contribution in [0.3, 0.4) is 0 Å². The fraction of sp³-hybridized carbons (Fsp3) is 0.286. The van der Waals surface area contributed by atoms with Gasteiger partial charge in [-0.25, -0.2) is 15.0 Å². The number of imidazole rings is 2. The van der Waals surface area contributed by atoms with E-state index in [1.807, 2.05) is 54.9 Å². The Morgan fingerprint density at radius 2 is 1.29 bits per heavy atom. The largest absolute Gasteiger partial charge is 0.341 e. The number of benzene rings is 2. The van der Waals surface area contributed by atoms with Crippen LogP contribution in [0.25, 0.3) is 44.8 Å². The van der Waals surface area contributed by atoms with E-state index in [-0.39, 0.29) is 24.0 Å². The number of nitrogens with one attached hydrogen (secondary N) is 5. The van der Waals surface area contributed by atoms with Gasteiger partial charge in [-0.3, -0.25) is 4.79 Å². The molecule has 2 fully saturated rings. The molecule has 2 aliphatic rings. The third kappa shape index (κ3) is 4.53. The van der Waals surface area contributed by atoms with Crippen molar-refractivity contribution in [2.75, 3.05) is 13.1 Å². The normalized spacial score (nSPS) is 19.2. The molecule has 0 saturated carbocycles. The molecule has 2 atom stereocenters. The zero-order valence-corrected chi connectivity index (χ0v) is 21.6. The van der Waals surface area contributed by atoms with Crippen LogP contribution in [0, 0.1) is 0 Å². The third-order valence-corrected chi connectivity index (χ3v) is 7.44. The van der Waals surface area contributed by atoms with E-state index in [4.69, 9.17) is 4.98 Å². The highest BCUT2D eigenvalue weighted by Gasteiger charge is 2.20. The van der Waals surface area contributed by atoms with E-state index in [1.54, 1.807) is 0 Å². The maximum atomic E-state index is 13.0. The summed E-state index contributed by atoms with van der Waals surface area (Å²) >= 11 is 0. The van der Waals surface area contributed by atoms with Crippen molar-refractivity contribution in [2.24, 2.45) is 0 Å². The van der Waals surface area contributed by atoms with Crippen molar-refractivity contribution >= 4 is 23.4 Å². The fourth-order valence-corrected chi connectivity index (χ4v) is 5.41. The average Bonchev–Trinajstić information content (AvgIpc) is 3.75. The second kappa shape index (κ2) is 10.2. The first-order chi connectivity index (χ1) is 18.2. The van der Waals surface area contributed by atoms with Gasteiger partial charge in [-0.1, -0.05) is 30.3 Å². The van der Waals surface area contributed by atoms with Gasteiger partial charge in [0, 0.05) is 11.1 Å². The number of halogens is 1. The van der Waals surface area contributed by atoms with Gasteiger partial charge in [0.2, 0.25) is 0 Å². The van der Waals surface area contributed by atoms with Crippen molar-refractivity contribution in [3.05, 3.63) is 76.9 Å². The summed E-state index contributed by atoms with van der Waals surface area (Å²) in [5, 5.41) is 6.93. The standard InChI is InChI=1S/C28H28N8O.ClH/c37-28-25(17-7-5-16(6-8-17)23-14-31-26(34-23)20-3-1-11-29-20)33-19-10-9-18(13-22(19)36-28)24-15-32-27(35-24)21-4-2-12-30-21;/h5-10,13-15,20-21,29-30H,1-4,11-12H2,(H,31,34)(H,32,35)(H,36,37);1H/t20-,21-;/m0./s1. The van der Waals surface area contributed by atoms with E-state index in [9.17, 15) is 4.79 Å². The first-order valence-electron chi connectivity index (χ1n) is 12.9. The Labute approximate surface area is 225 Å². The van der Waals surface area contributed by atoms with Crippen LogP contribution in [0.4, 0.5) is 0 Å². The van der Waals surface area contributed by atoms with Gasteiger partial charge in [0.1, 0.15) is 17.3 Å². The number of rotatable bonds is 5. The van der Waals surface area contributed by atoms with Crippen LogP contribution in [-0.2, 0) is 0 Å². The number of hydrogen-bond acceptors (Lipinski definition) is 6. The summed E-state index contributed by atoms with van der Waals surface area (Å²) in [5.74, 6) is 1.93. The lowest BCUT2D eigenvalue weighted by Crippen LogP contribution is -2.14. The first kappa shape index (κ1) is 24.5. The number of aromatic nitrogens is 6. The average molecular weight is 529 g/mol. The van der Waals surface area contributed by atoms with E-state index in [0.29, 0.717) is 17.3 Å². The predicted molar refractivity (Wildman–Crippen MR) is 150 cm³/mol. The summed E-state index contributed by atoms with van der Waals surface area (Å²) in [6.07, 6.45) is 8.25. The van der Waals surface area contributed by atoms with Crippen LogP contribution in [0.15, 0.2) is 59.7 Å². The third-order valence-electron chi connectivity index (χ3n) is 7.44. The molecule has 5 aromatic rings. The molecule has 7 rings (SSSR count). The first-order valence-corrected chi connectivity index (χ1v) is 12.9. The van der Waals surface area contributed by atoms with Crippen molar-refractivity contribution < 1.29 is 0 Å². The van der Waals surface area contributed by atoms with Crippen molar-refractivity contribution in [2.45, 2.75) is 37.8 Å². The lowest BCUT2D eigenvalue weighted by Gasteiger charge is -2.07. The Kier molecular flexibility index (Phi) is 6.57. The molecule has 2 aliphatic heterocycles. The maximum absolute atomic E-state index is 13.0. The Morgan fingerprint density at radius 1 is 0.711 bits per heavy atom. The Bertz CT molecular complexity index is 1620. The number of nitrogens with zero attached hydrogens (tertiary/aromatic N) is 3. The minimum Gasteiger partial charge on any atom is -0.341 e. The van der Waals surface area contributed by atoms with E-state index in [1.165, 1.54) is 6.42 Å². The topological polar surface area (TPSA) is 127 Å². The number of aromatic amines is 3. The quantitative estimate of drug-likeness (QED) is 0.226. The van der Waals surface area contributed by atoms with E-state index < -0.39 is 0 Å². The molecule has 0 spiro atoms. The highest BCUT2D eigenvalue weighted by atomic mass is 35.5. The highest BCUT2D eigenvalue weighted by Crippen LogP contribution is 2.28. The summed E-state index contributed by atoms with van der Waals surface area (Å²) < 4.78 is 0. The molecule has 10 heteroatoms. The van der Waals surface area contributed by atoms with E-state index in [0.717, 1.165) is 77.6 Å². The summed E-state index contributed by atoms with van der Waals surface area (Å²) in [6.45, 7) is 2.06. The zero-order valence-electron chi connectivity index (χ0n) is 20.8. The van der Waals surface area contributed by atoms with Gasteiger partial charge >= 0.3 is 0 Å². The minimum atomic E-state index is -0.214. The summed E-state index contributed by atoms with van der Waals surface area (Å²) in [7, 11) is 0. The van der Waals surface area contributed by atoms with Gasteiger partial charge < -0.3 is 25.6 Å². The SMILES string of the molecule is Cl.O=c1[nH]c2cc(-c3cnc([C@@H]4CCCN4)[nH]3)ccc2nc1-c1ccc(-c2cnc([C@@H]3CCCN3)[nH]2)cc1. The second-order valence-corrected chi connectivity index (χ2v) is 9.89. The molecule has 0 radical (unpaired) electrons. The van der Waals surface area contributed by atoms with Crippen LogP contribution < -0.4 is 16.2 Å². The minimum absolute atomic E-state index is 0. The lowest BCUT2D eigenvalue weighted by molar-refractivity contribution is 0.613. The fourth-order valence-electron chi connectivity index (χ4n) is 5.41. The van der Waals surface area contributed by atoms with Gasteiger partial charge in [-0.05, 0) is 56.5 Å². The van der Waals surface area contributed by atoms with Crippen LogP contribution >= 0.6 is 12.4 Å². The molecule has 0 amide bonds. The number of hydrogen-bond donors (Lipinski definition) is 5. The van der Waals surface area contributed by atoms with Crippen molar-refractivity contribution in [3.8, 4) is 33.8 Å². The Morgan fingerprint density at radius 3 is 1.89 bits per heavy atom. The highest BCUT2D eigenvalue weighted by molar-refractivity contribution is 5.85.